The second-order valence-electron chi connectivity index (χ2n) is 3.25. The zero-order valence-corrected chi connectivity index (χ0v) is 10.3. The number of carbonyl (C=O) groups is 1. The van der Waals surface area contributed by atoms with E-state index in [4.69, 9.17) is 16.3 Å². The molecule has 0 radical (unpaired) electrons. The minimum absolute atomic E-state index is 0.310. The third-order valence-corrected chi connectivity index (χ3v) is 2.99. The molecule has 0 bridgehead atoms. The summed E-state index contributed by atoms with van der Waals surface area (Å²) in [5.41, 5.74) is 7.95. The summed E-state index contributed by atoms with van der Waals surface area (Å²) in [4.78, 5) is 11.2. The quantitative estimate of drug-likeness (QED) is 0.283. The Morgan fingerprint density at radius 3 is 2.59 bits per heavy atom. The van der Waals surface area contributed by atoms with Crippen molar-refractivity contribution >= 4 is 17.7 Å². The lowest BCUT2D eigenvalue weighted by Crippen LogP contribution is -2.29. The summed E-state index contributed by atoms with van der Waals surface area (Å²) < 4.78 is 5.50. The molecule has 1 aromatic carbocycles. The molecule has 0 aliphatic heterocycles. The van der Waals surface area contributed by atoms with E-state index in [0.29, 0.717) is 18.7 Å². The first-order chi connectivity index (χ1) is 8.27. The number of rotatable bonds is 7. The molecule has 0 saturated heterocycles. The summed E-state index contributed by atoms with van der Waals surface area (Å²) in [6, 6.07) is 6.84. The summed E-state index contributed by atoms with van der Waals surface area (Å²) in [7, 11) is 0. The molecule has 6 heteroatoms. The van der Waals surface area contributed by atoms with Gasteiger partial charge < -0.3 is 10.5 Å². The number of nitrogens with two attached hydrogens (primary N) is 2. The Labute approximate surface area is 105 Å². The van der Waals surface area contributed by atoms with Gasteiger partial charge in [0, 0.05) is 23.6 Å². The molecule has 0 heterocycles. The number of carbonyl (C=O) groups excluding carboxylic acids is 1. The fourth-order valence-electron chi connectivity index (χ4n) is 1.19. The molecule has 0 aliphatic carbocycles. The van der Waals surface area contributed by atoms with Crippen molar-refractivity contribution in [2.24, 2.45) is 11.6 Å². The SMILES string of the molecule is NCCSCCOc1ccc(C(=O)NN)cc1. The van der Waals surface area contributed by atoms with E-state index in [1.165, 1.54) is 0 Å². The van der Waals surface area contributed by atoms with Gasteiger partial charge in [0.2, 0.25) is 0 Å². The van der Waals surface area contributed by atoms with Crippen molar-refractivity contribution in [1.29, 1.82) is 0 Å². The third-order valence-electron chi connectivity index (χ3n) is 2.01. The monoisotopic (exact) mass is 255 g/mol. The Kier molecular flexibility index (Phi) is 6.46. The van der Waals surface area contributed by atoms with Gasteiger partial charge in [-0.25, -0.2) is 5.84 Å². The first-order valence-corrected chi connectivity index (χ1v) is 6.45. The summed E-state index contributed by atoms with van der Waals surface area (Å²) in [5, 5.41) is 0. The average Bonchev–Trinajstić information content (AvgIpc) is 2.38. The Bertz CT molecular complexity index is 343. The van der Waals surface area contributed by atoms with E-state index in [1.54, 1.807) is 36.0 Å². The van der Waals surface area contributed by atoms with Crippen LogP contribution < -0.4 is 21.7 Å². The molecule has 0 unspecified atom stereocenters. The van der Waals surface area contributed by atoms with Crippen LogP contribution >= 0.6 is 11.8 Å². The van der Waals surface area contributed by atoms with Crippen LogP contribution in [-0.4, -0.2) is 30.6 Å². The number of hydrogen-bond acceptors (Lipinski definition) is 5. The van der Waals surface area contributed by atoms with E-state index in [9.17, 15) is 4.79 Å². The number of hydrogen-bond donors (Lipinski definition) is 3. The standard InChI is InChI=1S/C11H17N3O2S/c12-5-7-17-8-6-16-10-3-1-9(2-4-10)11(15)14-13/h1-4H,5-8,12-13H2,(H,14,15). The molecular formula is C11H17N3O2S. The van der Waals surface area contributed by atoms with E-state index in [1.807, 2.05) is 0 Å². The number of hydrazine groups is 1. The minimum Gasteiger partial charge on any atom is -0.493 e. The van der Waals surface area contributed by atoms with Crippen LogP contribution in [0.15, 0.2) is 24.3 Å². The maximum absolute atomic E-state index is 11.2. The van der Waals surface area contributed by atoms with Crippen LogP contribution in [0.25, 0.3) is 0 Å². The van der Waals surface area contributed by atoms with Gasteiger partial charge in [-0.15, -0.1) is 0 Å². The van der Waals surface area contributed by atoms with Crippen molar-refractivity contribution in [3.63, 3.8) is 0 Å². The maximum atomic E-state index is 11.2. The molecule has 0 saturated carbocycles. The summed E-state index contributed by atoms with van der Waals surface area (Å²) in [6.07, 6.45) is 0. The van der Waals surface area contributed by atoms with Crippen LogP contribution in [0.1, 0.15) is 10.4 Å². The minimum atomic E-state index is -0.310. The molecule has 0 aliphatic rings. The average molecular weight is 255 g/mol. The molecule has 0 atom stereocenters. The van der Waals surface area contributed by atoms with Gasteiger partial charge in [-0.1, -0.05) is 0 Å². The van der Waals surface area contributed by atoms with E-state index >= 15 is 0 Å². The van der Waals surface area contributed by atoms with E-state index in [-0.39, 0.29) is 5.91 Å². The highest BCUT2D eigenvalue weighted by molar-refractivity contribution is 7.99. The van der Waals surface area contributed by atoms with Crippen LogP contribution in [0, 0.1) is 0 Å². The first kappa shape index (κ1) is 13.8. The van der Waals surface area contributed by atoms with Crippen molar-refractivity contribution in [2.75, 3.05) is 24.7 Å². The van der Waals surface area contributed by atoms with Gasteiger partial charge >= 0.3 is 0 Å². The molecule has 1 amide bonds. The molecule has 5 N–H and O–H groups in total. The molecule has 1 rings (SSSR count). The van der Waals surface area contributed by atoms with Crippen LogP contribution in [0.2, 0.25) is 0 Å². The zero-order chi connectivity index (χ0) is 12.5. The van der Waals surface area contributed by atoms with E-state index in [2.05, 4.69) is 5.43 Å². The molecule has 0 spiro atoms. The summed E-state index contributed by atoms with van der Waals surface area (Å²) in [6.45, 7) is 1.32. The number of ether oxygens (including phenoxy) is 1. The van der Waals surface area contributed by atoms with Crippen molar-refractivity contribution in [3.05, 3.63) is 29.8 Å². The second-order valence-corrected chi connectivity index (χ2v) is 4.47. The second kappa shape index (κ2) is 7.94. The molecule has 0 fully saturated rings. The maximum Gasteiger partial charge on any atom is 0.265 e. The fraction of sp³-hybridized carbons (Fsp3) is 0.364. The third kappa shape index (κ3) is 5.08. The lowest BCUT2D eigenvalue weighted by molar-refractivity contribution is 0.0953. The number of thioether (sulfide) groups is 1. The molecule has 0 aromatic heterocycles. The van der Waals surface area contributed by atoms with Crippen molar-refractivity contribution in [3.8, 4) is 5.75 Å². The summed E-state index contributed by atoms with van der Waals surface area (Å²) >= 11 is 1.75. The van der Waals surface area contributed by atoms with Gasteiger partial charge in [-0.3, -0.25) is 10.2 Å². The summed E-state index contributed by atoms with van der Waals surface area (Å²) in [5.74, 6) is 7.31. The predicted octanol–water partition coefficient (Wildman–Crippen LogP) is 0.361. The van der Waals surface area contributed by atoms with Crippen molar-refractivity contribution in [2.45, 2.75) is 0 Å². The number of nitrogen functional groups attached to an aromatic ring is 1. The smallest absolute Gasteiger partial charge is 0.265 e. The van der Waals surface area contributed by atoms with E-state index < -0.39 is 0 Å². The van der Waals surface area contributed by atoms with Crippen LogP contribution in [0.4, 0.5) is 0 Å². The van der Waals surface area contributed by atoms with Crippen molar-refractivity contribution < 1.29 is 9.53 Å². The number of nitrogens with one attached hydrogen (secondary N) is 1. The fourth-order valence-corrected chi connectivity index (χ4v) is 1.76. The highest BCUT2D eigenvalue weighted by Gasteiger charge is 2.02. The lowest BCUT2D eigenvalue weighted by Gasteiger charge is -2.06. The number of amides is 1. The van der Waals surface area contributed by atoms with Crippen LogP contribution in [0.3, 0.4) is 0 Å². The number of benzene rings is 1. The Morgan fingerprint density at radius 1 is 1.29 bits per heavy atom. The molecule has 1 aromatic rings. The van der Waals surface area contributed by atoms with Gasteiger partial charge in [-0.05, 0) is 24.3 Å². The highest BCUT2D eigenvalue weighted by Crippen LogP contribution is 2.12. The van der Waals surface area contributed by atoms with Crippen LogP contribution in [-0.2, 0) is 0 Å². The van der Waals surface area contributed by atoms with Gasteiger partial charge in [0.15, 0.2) is 0 Å². The van der Waals surface area contributed by atoms with Gasteiger partial charge in [-0.2, -0.15) is 11.8 Å². The normalized spacial score (nSPS) is 10.0. The Morgan fingerprint density at radius 2 is 2.00 bits per heavy atom. The molecular weight excluding hydrogens is 238 g/mol. The van der Waals surface area contributed by atoms with E-state index in [0.717, 1.165) is 17.3 Å². The van der Waals surface area contributed by atoms with Crippen molar-refractivity contribution in [1.82, 2.24) is 5.43 Å². The van der Waals surface area contributed by atoms with Gasteiger partial charge in [0.1, 0.15) is 5.75 Å². The predicted molar refractivity (Wildman–Crippen MR) is 70.0 cm³/mol. The van der Waals surface area contributed by atoms with Gasteiger partial charge in [0.05, 0.1) is 6.61 Å². The largest absolute Gasteiger partial charge is 0.493 e. The molecule has 94 valence electrons. The lowest BCUT2D eigenvalue weighted by atomic mass is 10.2. The Hall–Kier alpha value is -1.24. The molecule has 5 nitrogen and oxygen atoms in total. The topological polar surface area (TPSA) is 90.4 Å². The van der Waals surface area contributed by atoms with Crippen LogP contribution in [0.5, 0.6) is 5.75 Å². The zero-order valence-electron chi connectivity index (χ0n) is 9.52. The Balaban J connectivity index is 2.33. The van der Waals surface area contributed by atoms with Gasteiger partial charge in [0.25, 0.3) is 5.91 Å². The molecule has 17 heavy (non-hydrogen) atoms. The first-order valence-electron chi connectivity index (χ1n) is 5.29. The highest BCUT2D eigenvalue weighted by atomic mass is 32.2.